The van der Waals surface area contributed by atoms with Gasteiger partial charge in [0.2, 0.25) is 0 Å². The van der Waals surface area contributed by atoms with Crippen LogP contribution in [-0.4, -0.2) is 9.97 Å². The molecule has 0 unspecified atom stereocenters. The Hall–Kier alpha value is -7.87. The van der Waals surface area contributed by atoms with Gasteiger partial charge in [-0.25, -0.2) is 9.97 Å². The van der Waals surface area contributed by atoms with Gasteiger partial charge in [0.1, 0.15) is 11.5 Å². The van der Waals surface area contributed by atoms with E-state index in [0.29, 0.717) is 11.4 Å². The van der Waals surface area contributed by atoms with E-state index in [9.17, 15) is 5.26 Å². The van der Waals surface area contributed by atoms with Crippen LogP contribution in [0.3, 0.4) is 0 Å². The molecule has 11 rings (SSSR count). The SMILES string of the molecule is N#Cc1ccc(-c2ccc(-c3ccc4c(c3)-c3cc(-c5nc(-c6ccccc6)cc(-c6ccccc6)n5)ccc3C43c4ccccc4Oc4ccccc43)cc2)cc1. The quantitative estimate of drug-likeness (QED) is 0.176. The van der Waals surface area contributed by atoms with Gasteiger partial charge in [-0.3, -0.25) is 0 Å². The monoisotopic (exact) mass is 739 g/mol. The molecule has 0 atom stereocenters. The van der Waals surface area contributed by atoms with Gasteiger partial charge in [0.25, 0.3) is 0 Å². The zero-order valence-corrected chi connectivity index (χ0v) is 31.3. The summed E-state index contributed by atoms with van der Waals surface area (Å²) in [5, 5.41) is 9.29. The molecule has 1 spiro atoms. The third-order valence-electron chi connectivity index (χ3n) is 11.6. The molecule has 1 aliphatic carbocycles. The highest BCUT2D eigenvalue weighted by Gasteiger charge is 2.51. The molecule has 8 aromatic carbocycles. The minimum atomic E-state index is -0.603. The molecule has 58 heavy (non-hydrogen) atoms. The van der Waals surface area contributed by atoms with E-state index in [1.165, 1.54) is 16.7 Å². The molecule has 2 heterocycles. The first kappa shape index (κ1) is 33.5. The smallest absolute Gasteiger partial charge is 0.160 e. The van der Waals surface area contributed by atoms with Crippen molar-refractivity contribution >= 4 is 0 Å². The first-order valence-electron chi connectivity index (χ1n) is 19.4. The Morgan fingerprint density at radius 1 is 0.379 bits per heavy atom. The molecule has 9 aromatic rings. The Kier molecular flexibility index (Phi) is 7.74. The van der Waals surface area contributed by atoms with Gasteiger partial charge in [-0.05, 0) is 87.0 Å². The lowest BCUT2D eigenvalue weighted by molar-refractivity contribution is 0.436. The van der Waals surface area contributed by atoms with E-state index in [1.54, 1.807) is 0 Å². The summed E-state index contributed by atoms with van der Waals surface area (Å²) in [5.74, 6) is 2.39. The van der Waals surface area contributed by atoms with E-state index in [0.717, 1.165) is 78.5 Å². The summed E-state index contributed by atoms with van der Waals surface area (Å²) in [5.41, 5.74) is 16.2. The van der Waals surface area contributed by atoms with Crippen molar-refractivity contribution in [1.82, 2.24) is 9.97 Å². The van der Waals surface area contributed by atoms with E-state index >= 15 is 0 Å². The normalized spacial score (nSPS) is 12.7. The molecular weight excluding hydrogens is 707 g/mol. The highest BCUT2D eigenvalue weighted by atomic mass is 16.5. The summed E-state index contributed by atoms with van der Waals surface area (Å²) in [6, 6.07) is 72.0. The van der Waals surface area contributed by atoms with Crippen LogP contribution in [0.15, 0.2) is 200 Å². The first-order valence-corrected chi connectivity index (χ1v) is 19.4. The average molecular weight is 740 g/mol. The Labute approximate surface area is 337 Å². The summed E-state index contributed by atoms with van der Waals surface area (Å²) in [6.45, 7) is 0. The number of aromatic nitrogens is 2. The van der Waals surface area contributed by atoms with E-state index in [-0.39, 0.29) is 0 Å². The topological polar surface area (TPSA) is 58.8 Å². The molecule has 0 fully saturated rings. The van der Waals surface area contributed by atoms with Crippen LogP contribution in [0.5, 0.6) is 11.5 Å². The highest BCUT2D eigenvalue weighted by Crippen LogP contribution is 2.62. The second-order valence-corrected chi connectivity index (χ2v) is 14.8. The highest BCUT2D eigenvalue weighted by molar-refractivity contribution is 5.92. The molecule has 1 aromatic heterocycles. The Morgan fingerprint density at radius 3 is 1.34 bits per heavy atom. The average Bonchev–Trinajstić information content (AvgIpc) is 3.59. The van der Waals surface area contributed by atoms with Crippen molar-refractivity contribution in [3.8, 4) is 84.9 Å². The van der Waals surface area contributed by atoms with Gasteiger partial charge in [0, 0.05) is 27.8 Å². The zero-order chi connectivity index (χ0) is 38.6. The molecule has 0 N–H and O–H groups in total. The number of nitrogens with zero attached hydrogens (tertiary/aromatic N) is 3. The molecule has 1 aliphatic heterocycles. The Morgan fingerprint density at radius 2 is 0.810 bits per heavy atom. The molecule has 4 heteroatoms. The maximum atomic E-state index is 9.29. The van der Waals surface area contributed by atoms with Crippen LogP contribution in [0, 0.1) is 11.3 Å². The lowest BCUT2D eigenvalue weighted by atomic mass is 9.66. The van der Waals surface area contributed by atoms with Crippen molar-refractivity contribution < 1.29 is 4.74 Å². The van der Waals surface area contributed by atoms with Gasteiger partial charge in [-0.2, -0.15) is 5.26 Å². The molecule has 0 amide bonds. The van der Waals surface area contributed by atoms with Crippen LogP contribution in [-0.2, 0) is 5.41 Å². The van der Waals surface area contributed by atoms with Crippen LogP contribution < -0.4 is 4.74 Å². The third-order valence-corrected chi connectivity index (χ3v) is 11.6. The number of para-hydroxylation sites is 2. The lowest BCUT2D eigenvalue weighted by Crippen LogP contribution is -2.32. The maximum absolute atomic E-state index is 9.29. The largest absolute Gasteiger partial charge is 0.457 e. The van der Waals surface area contributed by atoms with E-state index in [2.05, 4.69) is 133 Å². The van der Waals surface area contributed by atoms with Gasteiger partial charge in [0.05, 0.1) is 28.4 Å². The fourth-order valence-electron chi connectivity index (χ4n) is 8.91. The van der Waals surface area contributed by atoms with E-state index < -0.39 is 5.41 Å². The number of benzene rings is 8. The number of hydrogen-bond acceptors (Lipinski definition) is 4. The number of hydrogen-bond donors (Lipinski definition) is 0. The zero-order valence-electron chi connectivity index (χ0n) is 31.3. The van der Waals surface area contributed by atoms with Crippen molar-refractivity contribution in [3.05, 3.63) is 228 Å². The standard InChI is InChI=1S/C54H33N3O/c55-34-35-19-21-36(22-20-35)37-23-25-38(26-24-37)41-27-29-45-43(31-41)44-32-42(53-56-49(39-11-3-1-4-12-39)33-50(57-53)40-13-5-2-6-14-40)28-30-46(44)54(45)47-15-7-9-17-51(47)58-52-18-10-8-16-48(52)54/h1-33H. The molecule has 0 radical (unpaired) electrons. The summed E-state index contributed by atoms with van der Waals surface area (Å²) in [7, 11) is 0. The predicted molar refractivity (Wildman–Crippen MR) is 231 cm³/mol. The maximum Gasteiger partial charge on any atom is 0.160 e. The van der Waals surface area contributed by atoms with Crippen molar-refractivity contribution in [2.24, 2.45) is 0 Å². The van der Waals surface area contributed by atoms with Gasteiger partial charge < -0.3 is 4.74 Å². The minimum absolute atomic E-state index is 0.603. The molecule has 0 saturated heterocycles. The first-order chi connectivity index (χ1) is 28.7. The van der Waals surface area contributed by atoms with E-state index in [4.69, 9.17) is 14.7 Å². The molecular formula is C54H33N3O. The van der Waals surface area contributed by atoms with Gasteiger partial charge in [0.15, 0.2) is 5.82 Å². The minimum Gasteiger partial charge on any atom is -0.457 e. The van der Waals surface area contributed by atoms with Crippen LogP contribution in [0.2, 0.25) is 0 Å². The van der Waals surface area contributed by atoms with Gasteiger partial charge in [-0.1, -0.05) is 158 Å². The summed E-state index contributed by atoms with van der Waals surface area (Å²) >= 11 is 0. The van der Waals surface area contributed by atoms with Crippen molar-refractivity contribution in [3.63, 3.8) is 0 Å². The summed E-state index contributed by atoms with van der Waals surface area (Å²) in [4.78, 5) is 10.4. The number of nitriles is 1. The molecule has 0 saturated carbocycles. The van der Waals surface area contributed by atoms with Crippen LogP contribution in [0.4, 0.5) is 0 Å². The Bertz CT molecular complexity index is 2970. The van der Waals surface area contributed by atoms with Crippen molar-refractivity contribution in [2.75, 3.05) is 0 Å². The summed E-state index contributed by atoms with van der Waals surface area (Å²) < 4.78 is 6.62. The van der Waals surface area contributed by atoms with Crippen LogP contribution >= 0.6 is 0 Å². The van der Waals surface area contributed by atoms with Gasteiger partial charge in [-0.15, -0.1) is 0 Å². The second kappa shape index (κ2) is 13.4. The summed E-state index contributed by atoms with van der Waals surface area (Å²) in [6.07, 6.45) is 0. The third kappa shape index (κ3) is 5.29. The molecule has 0 bridgehead atoms. The molecule has 2 aliphatic rings. The van der Waals surface area contributed by atoms with Gasteiger partial charge >= 0.3 is 0 Å². The van der Waals surface area contributed by atoms with Crippen LogP contribution in [0.25, 0.3) is 67.3 Å². The van der Waals surface area contributed by atoms with Crippen molar-refractivity contribution in [1.29, 1.82) is 5.26 Å². The number of ether oxygens (including phenoxy) is 1. The number of rotatable bonds is 5. The predicted octanol–water partition coefficient (Wildman–Crippen LogP) is 13.2. The van der Waals surface area contributed by atoms with Crippen molar-refractivity contribution in [2.45, 2.75) is 5.41 Å². The lowest BCUT2D eigenvalue weighted by Gasteiger charge is -2.39. The molecule has 270 valence electrons. The van der Waals surface area contributed by atoms with E-state index in [1.807, 2.05) is 72.8 Å². The second-order valence-electron chi connectivity index (χ2n) is 14.8. The number of fused-ring (bicyclic) bond motifs is 9. The Balaban J connectivity index is 1.12. The fraction of sp³-hybridized carbons (Fsp3) is 0.0185. The van der Waals surface area contributed by atoms with Crippen LogP contribution in [0.1, 0.15) is 27.8 Å². The fourth-order valence-corrected chi connectivity index (χ4v) is 8.91. The molecule has 4 nitrogen and oxygen atoms in total.